The largest absolute Gasteiger partial charge is 0.495 e. The number of nitrogens with one attached hydrogen (secondary N) is 2. The highest BCUT2D eigenvalue weighted by atomic mass is 19.1. The molecule has 0 bridgehead atoms. The minimum Gasteiger partial charge on any atom is -0.495 e. The number of halogens is 1. The monoisotopic (exact) mass is 238 g/mol. The van der Waals surface area contributed by atoms with Gasteiger partial charge in [-0.05, 0) is 32.4 Å². The highest BCUT2D eigenvalue weighted by Crippen LogP contribution is 2.28. The third-order valence-corrected chi connectivity index (χ3v) is 3.10. The van der Waals surface area contributed by atoms with Crippen LogP contribution in [0.1, 0.15) is 20.3 Å². The van der Waals surface area contributed by atoms with Crippen LogP contribution in [0.3, 0.4) is 0 Å². The van der Waals surface area contributed by atoms with E-state index in [1.807, 2.05) is 0 Å². The second-order valence-corrected chi connectivity index (χ2v) is 5.15. The smallest absolute Gasteiger partial charge is 0.142 e. The fraction of sp³-hybridized carbons (Fsp3) is 0.538. The maximum Gasteiger partial charge on any atom is 0.142 e. The lowest BCUT2D eigenvalue weighted by molar-refractivity contribution is 0.414. The van der Waals surface area contributed by atoms with Gasteiger partial charge in [-0.2, -0.15) is 0 Å². The molecule has 0 aliphatic carbocycles. The molecule has 94 valence electrons. The first-order valence-corrected chi connectivity index (χ1v) is 5.85. The highest BCUT2D eigenvalue weighted by Gasteiger charge is 2.30. The van der Waals surface area contributed by atoms with Gasteiger partial charge >= 0.3 is 0 Å². The summed E-state index contributed by atoms with van der Waals surface area (Å²) in [4.78, 5) is 0. The third-order valence-electron chi connectivity index (χ3n) is 3.10. The molecule has 0 aromatic heterocycles. The average molecular weight is 238 g/mol. The molecule has 4 heteroatoms. The van der Waals surface area contributed by atoms with Gasteiger partial charge in [-0.15, -0.1) is 0 Å². The molecule has 0 radical (unpaired) electrons. The Bertz CT molecular complexity index is 406. The zero-order valence-electron chi connectivity index (χ0n) is 10.5. The van der Waals surface area contributed by atoms with Crippen LogP contribution >= 0.6 is 0 Å². The molecule has 3 nitrogen and oxygen atoms in total. The molecular weight excluding hydrogens is 219 g/mol. The molecule has 2 N–H and O–H groups in total. The van der Waals surface area contributed by atoms with Crippen molar-refractivity contribution in [2.24, 2.45) is 0 Å². The zero-order chi connectivity index (χ0) is 12.5. The summed E-state index contributed by atoms with van der Waals surface area (Å²) in [6, 6.07) is 4.83. The van der Waals surface area contributed by atoms with Crippen LogP contribution < -0.4 is 15.4 Å². The van der Waals surface area contributed by atoms with Crippen molar-refractivity contribution in [1.82, 2.24) is 5.32 Å². The summed E-state index contributed by atoms with van der Waals surface area (Å²) in [6.07, 6.45) is 1.01. The van der Waals surface area contributed by atoms with Crippen molar-refractivity contribution in [2.75, 3.05) is 19.0 Å². The minimum atomic E-state index is -0.251. The maximum absolute atomic E-state index is 13.2. The van der Waals surface area contributed by atoms with E-state index in [0.29, 0.717) is 11.8 Å². The van der Waals surface area contributed by atoms with Crippen LogP contribution in [0.25, 0.3) is 0 Å². The Kier molecular flexibility index (Phi) is 3.24. The topological polar surface area (TPSA) is 33.3 Å². The summed E-state index contributed by atoms with van der Waals surface area (Å²) < 4.78 is 18.4. The molecule has 2 rings (SSSR count). The number of benzene rings is 1. The number of ether oxygens (including phenoxy) is 1. The summed E-state index contributed by atoms with van der Waals surface area (Å²) >= 11 is 0. The Morgan fingerprint density at radius 3 is 2.82 bits per heavy atom. The molecule has 1 heterocycles. The molecule has 1 saturated heterocycles. The molecule has 1 unspecified atom stereocenters. The fourth-order valence-electron chi connectivity index (χ4n) is 2.27. The van der Waals surface area contributed by atoms with Crippen LogP contribution in [0.4, 0.5) is 10.1 Å². The lowest BCUT2D eigenvalue weighted by atomic mass is 10.0. The third kappa shape index (κ3) is 2.88. The molecule has 1 aliphatic rings. The maximum atomic E-state index is 13.2. The molecule has 0 amide bonds. The molecule has 1 aromatic rings. The molecule has 1 fully saturated rings. The summed E-state index contributed by atoms with van der Waals surface area (Å²) in [5.41, 5.74) is 0.857. The van der Waals surface area contributed by atoms with Crippen molar-refractivity contribution < 1.29 is 9.13 Å². The van der Waals surface area contributed by atoms with Crippen LogP contribution in [0, 0.1) is 5.82 Å². The summed E-state index contributed by atoms with van der Waals surface area (Å²) in [5.74, 6) is 0.426. The van der Waals surface area contributed by atoms with E-state index >= 15 is 0 Å². The number of methoxy groups -OCH3 is 1. The van der Waals surface area contributed by atoms with Gasteiger partial charge in [0.25, 0.3) is 0 Å². The Balaban J connectivity index is 2.11. The van der Waals surface area contributed by atoms with Crippen molar-refractivity contribution >= 4 is 5.69 Å². The molecule has 1 atom stereocenters. The Morgan fingerprint density at radius 1 is 1.47 bits per heavy atom. The summed E-state index contributed by atoms with van der Waals surface area (Å²) in [7, 11) is 1.59. The average Bonchev–Trinajstić information content (AvgIpc) is 2.58. The normalized spacial score (nSPS) is 22.5. The SMILES string of the molecule is COc1ccc(F)cc1NC1CNC(C)(C)C1. The van der Waals surface area contributed by atoms with Crippen LogP contribution in [-0.4, -0.2) is 25.2 Å². The van der Waals surface area contributed by atoms with Crippen LogP contribution in [-0.2, 0) is 0 Å². The highest BCUT2D eigenvalue weighted by molar-refractivity contribution is 5.57. The van der Waals surface area contributed by atoms with E-state index in [9.17, 15) is 4.39 Å². The molecule has 1 aromatic carbocycles. The molecule has 0 saturated carbocycles. The predicted molar refractivity (Wildman–Crippen MR) is 67.1 cm³/mol. The predicted octanol–water partition coefficient (Wildman–Crippen LogP) is 2.39. The molecule has 17 heavy (non-hydrogen) atoms. The summed E-state index contributed by atoms with van der Waals surface area (Å²) in [6.45, 7) is 5.21. The first-order chi connectivity index (χ1) is 8.00. The van der Waals surface area contributed by atoms with Gasteiger partial charge in [0.05, 0.1) is 12.8 Å². The number of anilines is 1. The van der Waals surface area contributed by atoms with Gasteiger partial charge in [-0.3, -0.25) is 0 Å². The van der Waals surface area contributed by atoms with E-state index in [4.69, 9.17) is 4.74 Å². The van der Waals surface area contributed by atoms with Gasteiger partial charge in [0, 0.05) is 24.2 Å². The van der Waals surface area contributed by atoms with Crippen LogP contribution in [0.2, 0.25) is 0 Å². The van der Waals surface area contributed by atoms with E-state index in [1.54, 1.807) is 13.2 Å². The Labute approximate surface area is 101 Å². The van der Waals surface area contributed by atoms with E-state index in [2.05, 4.69) is 24.5 Å². The van der Waals surface area contributed by atoms with Crippen LogP contribution in [0.5, 0.6) is 5.75 Å². The van der Waals surface area contributed by atoms with Gasteiger partial charge < -0.3 is 15.4 Å². The lowest BCUT2D eigenvalue weighted by Crippen LogP contribution is -2.31. The fourth-order valence-corrected chi connectivity index (χ4v) is 2.27. The van der Waals surface area contributed by atoms with Gasteiger partial charge in [-0.25, -0.2) is 4.39 Å². The second-order valence-electron chi connectivity index (χ2n) is 5.15. The van der Waals surface area contributed by atoms with E-state index in [-0.39, 0.29) is 11.4 Å². The van der Waals surface area contributed by atoms with Crippen molar-refractivity contribution in [3.05, 3.63) is 24.0 Å². The quantitative estimate of drug-likeness (QED) is 0.848. The van der Waals surface area contributed by atoms with Gasteiger partial charge in [0.2, 0.25) is 0 Å². The number of hydrogen-bond acceptors (Lipinski definition) is 3. The molecule has 1 aliphatic heterocycles. The van der Waals surface area contributed by atoms with Gasteiger partial charge in [0.1, 0.15) is 11.6 Å². The minimum absolute atomic E-state index is 0.137. The van der Waals surface area contributed by atoms with Gasteiger partial charge in [-0.1, -0.05) is 0 Å². The second kappa shape index (κ2) is 4.53. The van der Waals surface area contributed by atoms with Crippen molar-refractivity contribution in [2.45, 2.75) is 31.8 Å². The standard InChI is InChI=1S/C13H19FN2O/c1-13(2)7-10(8-15-13)16-11-6-9(14)4-5-12(11)17-3/h4-6,10,15-16H,7-8H2,1-3H3. The number of hydrogen-bond donors (Lipinski definition) is 2. The van der Waals surface area contributed by atoms with Gasteiger partial charge in [0.15, 0.2) is 0 Å². The van der Waals surface area contributed by atoms with E-state index in [0.717, 1.165) is 18.7 Å². The van der Waals surface area contributed by atoms with E-state index in [1.165, 1.54) is 12.1 Å². The van der Waals surface area contributed by atoms with Crippen LogP contribution in [0.15, 0.2) is 18.2 Å². The molecular formula is C13H19FN2O. The first kappa shape index (κ1) is 12.2. The lowest BCUT2D eigenvalue weighted by Gasteiger charge is -2.19. The molecule has 0 spiro atoms. The summed E-state index contributed by atoms with van der Waals surface area (Å²) in [5, 5.41) is 6.75. The van der Waals surface area contributed by atoms with Crippen molar-refractivity contribution in [3.8, 4) is 5.75 Å². The number of rotatable bonds is 3. The first-order valence-electron chi connectivity index (χ1n) is 5.85. The van der Waals surface area contributed by atoms with Crippen molar-refractivity contribution in [1.29, 1.82) is 0 Å². The Morgan fingerprint density at radius 2 is 2.24 bits per heavy atom. The van der Waals surface area contributed by atoms with Crippen molar-refractivity contribution in [3.63, 3.8) is 0 Å². The Hall–Kier alpha value is -1.29. The van der Waals surface area contributed by atoms with E-state index < -0.39 is 0 Å². The zero-order valence-corrected chi connectivity index (χ0v) is 10.5.